The maximum absolute atomic E-state index is 4.40. The highest BCUT2D eigenvalue weighted by Crippen LogP contribution is 2.26. The number of pyridine rings is 1. The van der Waals surface area contributed by atoms with Crippen LogP contribution >= 0.6 is 0 Å². The highest BCUT2D eigenvalue weighted by Gasteiger charge is 2.13. The first-order valence-electron chi connectivity index (χ1n) is 6.10. The second kappa shape index (κ2) is 4.26. The second-order valence-electron chi connectivity index (χ2n) is 4.58. The van der Waals surface area contributed by atoms with Gasteiger partial charge in [-0.15, -0.1) is 0 Å². The van der Waals surface area contributed by atoms with Gasteiger partial charge in [-0.05, 0) is 24.6 Å². The van der Waals surface area contributed by atoms with Crippen LogP contribution in [0.4, 0.5) is 0 Å². The monoisotopic (exact) mass is 237 g/mol. The van der Waals surface area contributed by atoms with Crippen molar-refractivity contribution in [2.24, 2.45) is 0 Å². The van der Waals surface area contributed by atoms with Crippen LogP contribution in [-0.2, 0) is 0 Å². The fourth-order valence-corrected chi connectivity index (χ4v) is 2.33. The van der Waals surface area contributed by atoms with Crippen LogP contribution in [0, 0.1) is 6.92 Å². The number of imidazole rings is 1. The van der Waals surface area contributed by atoms with Crippen molar-refractivity contribution in [2.45, 2.75) is 19.8 Å². The lowest BCUT2D eigenvalue weighted by Crippen LogP contribution is -1.99. The number of nitrogens with zero attached hydrogens (tertiary/aromatic N) is 2. The number of rotatable bonds is 2. The fraction of sp³-hybridized carbons (Fsp3) is 0.200. The van der Waals surface area contributed by atoms with Gasteiger partial charge in [0.25, 0.3) is 0 Å². The molecular formula is C15H15N3. The van der Waals surface area contributed by atoms with E-state index in [2.05, 4.69) is 46.1 Å². The normalized spacial score (nSPS) is 12.8. The van der Waals surface area contributed by atoms with Crippen LogP contribution in [0.1, 0.15) is 29.8 Å². The molecule has 3 aromatic rings. The molecule has 1 aromatic carbocycles. The lowest BCUT2D eigenvalue weighted by atomic mass is 9.95. The molecule has 0 saturated carbocycles. The van der Waals surface area contributed by atoms with Gasteiger partial charge in [-0.3, -0.25) is 4.98 Å². The average Bonchev–Trinajstić information content (AvgIpc) is 2.83. The molecule has 3 heteroatoms. The summed E-state index contributed by atoms with van der Waals surface area (Å²) in [4.78, 5) is 11.9. The Bertz CT molecular complexity index is 685. The maximum Gasteiger partial charge on any atom is 0.0925 e. The molecule has 3 rings (SSSR count). The van der Waals surface area contributed by atoms with Crippen LogP contribution in [0.15, 0.2) is 42.9 Å². The summed E-state index contributed by atoms with van der Waals surface area (Å²) in [5.74, 6) is 0.305. The molecule has 90 valence electrons. The fourth-order valence-electron chi connectivity index (χ4n) is 2.33. The quantitative estimate of drug-likeness (QED) is 0.742. The van der Waals surface area contributed by atoms with Gasteiger partial charge in [-0.1, -0.05) is 25.1 Å². The van der Waals surface area contributed by atoms with E-state index < -0.39 is 0 Å². The largest absolute Gasteiger partial charge is 0.348 e. The molecular weight excluding hydrogens is 222 g/mol. The molecule has 3 nitrogen and oxygen atoms in total. The molecule has 0 saturated heterocycles. The predicted octanol–water partition coefficient (Wildman–Crippen LogP) is 3.42. The molecule has 0 fully saturated rings. The molecule has 0 amide bonds. The zero-order chi connectivity index (χ0) is 12.5. The van der Waals surface area contributed by atoms with Crippen LogP contribution in [-0.4, -0.2) is 15.0 Å². The Balaban J connectivity index is 2.07. The summed E-state index contributed by atoms with van der Waals surface area (Å²) in [5.41, 5.74) is 4.53. The summed E-state index contributed by atoms with van der Waals surface area (Å²) in [5, 5.41) is 1.18. The standard InChI is InChI=1S/C15H15N3/c1-10(15-11(2)17-9-18-15)13-6-5-12-4-3-7-16-14(12)8-13/h3-10H,1-2H3,(H,17,18)/t10-/m1/s1. The summed E-state index contributed by atoms with van der Waals surface area (Å²) in [6.45, 7) is 4.21. The van der Waals surface area contributed by atoms with Gasteiger partial charge >= 0.3 is 0 Å². The lowest BCUT2D eigenvalue weighted by molar-refractivity contribution is 0.872. The van der Waals surface area contributed by atoms with Crippen molar-refractivity contribution in [2.75, 3.05) is 0 Å². The lowest BCUT2D eigenvalue weighted by Gasteiger charge is -2.11. The third-order valence-electron chi connectivity index (χ3n) is 3.43. The first-order chi connectivity index (χ1) is 8.75. The number of H-pyrrole nitrogens is 1. The number of hydrogen-bond acceptors (Lipinski definition) is 2. The second-order valence-corrected chi connectivity index (χ2v) is 4.58. The number of aromatic amines is 1. The minimum Gasteiger partial charge on any atom is -0.348 e. The SMILES string of the molecule is Cc1nc[nH]c1[C@H](C)c1ccc2cccnc2c1. The highest BCUT2D eigenvalue weighted by molar-refractivity contribution is 5.79. The van der Waals surface area contributed by atoms with Gasteiger partial charge in [0.1, 0.15) is 0 Å². The summed E-state index contributed by atoms with van der Waals surface area (Å²) in [7, 11) is 0. The molecule has 0 aliphatic heterocycles. The van der Waals surface area contributed by atoms with Crippen molar-refractivity contribution in [3.05, 3.63) is 59.8 Å². The maximum atomic E-state index is 4.40. The third kappa shape index (κ3) is 1.78. The van der Waals surface area contributed by atoms with E-state index in [4.69, 9.17) is 0 Å². The molecule has 0 aliphatic carbocycles. The summed E-state index contributed by atoms with van der Waals surface area (Å²) in [6, 6.07) is 10.5. The van der Waals surface area contributed by atoms with Crippen molar-refractivity contribution >= 4 is 10.9 Å². The van der Waals surface area contributed by atoms with E-state index in [0.29, 0.717) is 5.92 Å². The number of nitrogens with one attached hydrogen (secondary N) is 1. The van der Waals surface area contributed by atoms with E-state index in [1.807, 2.05) is 19.2 Å². The van der Waals surface area contributed by atoms with Crippen molar-refractivity contribution in [1.29, 1.82) is 0 Å². The van der Waals surface area contributed by atoms with Crippen LogP contribution in [0.5, 0.6) is 0 Å². The minimum absolute atomic E-state index is 0.305. The Morgan fingerprint density at radius 3 is 2.83 bits per heavy atom. The average molecular weight is 237 g/mol. The molecule has 0 bridgehead atoms. The van der Waals surface area contributed by atoms with Crippen LogP contribution in [0.25, 0.3) is 10.9 Å². The molecule has 18 heavy (non-hydrogen) atoms. The Hall–Kier alpha value is -2.16. The van der Waals surface area contributed by atoms with E-state index in [1.165, 1.54) is 16.6 Å². The Morgan fingerprint density at radius 2 is 2.06 bits per heavy atom. The molecule has 0 spiro atoms. The molecule has 0 aliphatic rings. The summed E-state index contributed by atoms with van der Waals surface area (Å²) < 4.78 is 0. The van der Waals surface area contributed by atoms with E-state index in [0.717, 1.165) is 11.2 Å². The van der Waals surface area contributed by atoms with Crippen molar-refractivity contribution in [1.82, 2.24) is 15.0 Å². The number of aryl methyl sites for hydroxylation is 1. The van der Waals surface area contributed by atoms with Gasteiger partial charge in [0.15, 0.2) is 0 Å². The first kappa shape index (κ1) is 11.0. The Kier molecular flexibility index (Phi) is 2.59. The van der Waals surface area contributed by atoms with Crippen molar-refractivity contribution in [3.8, 4) is 0 Å². The highest BCUT2D eigenvalue weighted by atomic mass is 14.9. The van der Waals surface area contributed by atoms with Crippen LogP contribution < -0.4 is 0 Å². The van der Waals surface area contributed by atoms with Crippen LogP contribution in [0.2, 0.25) is 0 Å². The smallest absolute Gasteiger partial charge is 0.0925 e. The zero-order valence-corrected chi connectivity index (χ0v) is 10.5. The third-order valence-corrected chi connectivity index (χ3v) is 3.43. The van der Waals surface area contributed by atoms with Crippen molar-refractivity contribution < 1.29 is 0 Å². The Morgan fingerprint density at radius 1 is 1.17 bits per heavy atom. The minimum atomic E-state index is 0.305. The molecule has 2 aromatic heterocycles. The molecule has 0 radical (unpaired) electrons. The molecule has 0 unspecified atom stereocenters. The molecule has 1 N–H and O–H groups in total. The number of fused-ring (bicyclic) bond motifs is 1. The number of aromatic nitrogens is 3. The van der Waals surface area contributed by atoms with Crippen LogP contribution in [0.3, 0.4) is 0 Å². The van der Waals surface area contributed by atoms with Crippen molar-refractivity contribution in [3.63, 3.8) is 0 Å². The van der Waals surface area contributed by atoms with E-state index >= 15 is 0 Å². The summed E-state index contributed by atoms with van der Waals surface area (Å²) >= 11 is 0. The van der Waals surface area contributed by atoms with E-state index in [-0.39, 0.29) is 0 Å². The van der Waals surface area contributed by atoms with E-state index in [9.17, 15) is 0 Å². The van der Waals surface area contributed by atoms with Gasteiger partial charge in [0, 0.05) is 23.2 Å². The first-order valence-corrected chi connectivity index (χ1v) is 6.10. The van der Waals surface area contributed by atoms with Gasteiger partial charge < -0.3 is 4.98 Å². The van der Waals surface area contributed by atoms with Gasteiger partial charge in [-0.25, -0.2) is 4.98 Å². The Labute approximate surface area is 106 Å². The van der Waals surface area contributed by atoms with Gasteiger partial charge in [0.05, 0.1) is 17.5 Å². The van der Waals surface area contributed by atoms with E-state index in [1.54, 1.807) is 6.33 Å². The molecule has 1 atom stereocenters. The summed E-state index contributed by atoms with van der Waals surface area (Å²) in [6.07, 6.45) is 3.58. The zero-order valence-electron chi connectivity index (χ0n) is 10.5. The van der Waals surface area contributed by atoms with Gasteiger partial charge in [-0.2, -0.15) is 0 Å². The molecule has 2 heterocycles. The number of hydrogen-bond donors (Lipinski definition) is 1. The topological polar surface area (TPSA) is 41.6 Å². The van der Waals surface area contributed by atoms with Gasteiger partial charge in [0.2, 0.25) is 0 Å². The predicted molar refractivity (Wildman–Crippen MR) is 72.6 cm³/mol. The number of benzene rings is 1.